The number of rotatable bonds is 1. The van der Waals surface area contributed by atoms with Crippen LogP contribution in [0.4, 0.5) is 0 Å². The monoisotopic (exact) mass is 216 g/mol. The third kappa shape index (κ3) is 1.32. The molecule has 3 heteroatoms. The Morgan fingerprint density at radius 3 is 3.12 bits per heavy atom. The van der Waals surface area contributed by atoms with Crippen LogP contribution in [0.15, 0.2) is 24.3 Å². The fraction of sp³-hybridized carbons (Fsp3) is 0.308. The number of hydrogen-bond acceptors (Lipinski definition) is 3. The van der Waals surface area contributed by atoms with Gasteiger partial charge in [-0.2, -0.15) is 0 Å². The molecule has 0 fully saturated rings. The van der Waals surface area contributed by atoms with Gasteiger partial charge < -0.3 is 9.47 Å². The van der Waals surface area contributed by atoms with Gasteiger partial charge in [0.2, 0.25) is 0 Å². The van der Waals surface area contributed by atoms with Crippen molar-refractivity contribution in [3.05, 3.63) is 35.4 Å². The Morgan fingerprint density at radius 2 is 2.31 bits per heavy atom. The first-order valence-electron chi connectivity index (χ1n) is 5.37. The molecular weight excluding hydrogens is 204 g/mol. The minimum Gasteiger partial charge on any atom is -0.497 e. The summed E-state index contributed by atoms with van der Waals surface area (Å²) in [6.45, 7) is 0. The molecule has 1 aliphatic carbocycles. The van der Waals surface area contributed by atoms with Crippen LogP contribution in [0.25, 0.3) is 5.57 Å². The van der Waals surface area contributed by atoms with E-state index in [0.717, 1.165) is 29.7 Å². The number of carbonyl (C=O) groups excluding carboxylic acids is 1. The van der Waals surface area contributed by atoms with Gasteiger partial charge in [-0.15, -0.1) is 0 Å². The second-order valence-electron chi connectivity index (χ2n) is 4.09. The van der Waals surface area contributed by atoms with Crippen LogP contribution < -0.4 is 4.74 Å². The second-order valence-corrected chi connectivity index (χ2v) is 4.09. The van der Waals surface area contributed by atoms with E-state index in [1.54, 1.807) is 13.2 Å². The van der Waals surface area contributed by atoms with E-state index in [0.29, 0.717) is 0 Å². The zero-order chi connectivity index (χ0) is 11.1. The largest absolute Gasteiger partial charge is 0.497 e. The summed E-state index contributed by atoms with van der Waals surface area (Å²) >= 11 is 0. The van der Waals surface area contributed by atoms with Crippen LogP contribution in [0, 0.1) is 0 Å². The van der Waals surface area contributed by atoms with Crippen molar-refractivity contribution in [3.63, 3.8) is 0 Å². The van der Waals surface area contributed by atoms with Gasteiger partial charge in [0, 0.05) is 11.6 Å². The normalized spacial score (nSPS) is 21.9. The fourth-order valence-electron chi connectivity index (χ4n) is 2.38. The van der Waals surface area contributed by atoms with Crippen molar-refractivity contribution in [1.82, 2.24) is 0 Å². The highest BCUT2D eigenvalue weighted by Crippen LogP contribution is 2.37. The molecule has 1 atom stereocenters. The van der Waals surface area contributed by atoms with Gasteiger partial charge in [-0.05, 0) is 36.1 Å². The number of hydrogen-bond donors (Lipinski definition) is 0. The quantitative estimate of drug-likeness (QED) is 0.673. The fourth-order valence-corrected chi connectivity index (χ4v) is 2.38. The van der Waals surface area contributed by atoms with E-state index in [2.05, 4.69) is 6.07 Å². The molecule has 16 heavy (non-hydrogen) atoms. The molecule has 0 spiro atoms. The van der Waals surface area contributed by atoms with E-state index >= 15 is 0 Å². The number of methoxy groups -OCH3 is 1. The van der Waals surface area contributed by atoms with Gasteiger partial charge in [-0.3, -0.25) is 0 Å². The van der Waals surface area contributed by atoms with E-state index in [1.807, 2.05) is 12.1 Å². The molecule has 0 saturated heterocycles. The van der Waals surface area contributed by atoms with Crippen molar-refractivity contribution < 1.29 is 14.3 Å². The van der Waals surface area contributed by atoms with Crippen molar-refractivity contribution in [1.29, 1.82) is 0 Å². The van der Waals surface area contributed by atoms with Gasteiger partial charge in [-0.1, -0.05) is 6.07 Å². The predicted molar refractivity (Wildman–Crippen MR) is 59.2 cm³/mol. The van der Waals surface area contributed by atoms with Crippen LogP contribution in [-0.4, -0.2) is 19.2 Å². The third-order valence-corrected chi connectivity index (χ3v) is 3.18. The minimum absolute atomic E-state index is 0.0490. The molecule has 1 aromatic carbocycles. The van der Waals surface area contributed by atoms with E-state index in [9.17, 15) is 4.79 Å². The van der Waals surface area contributed by atoms with Crippen LogP contribution >= 0.6 is 0 Å². The van der Waals surface area contributed by atoms with Gasteiger partial charge >= 0.3 is 5.97 Å². The molecule has 3 rings (SSSR count). The number of fused-ring (bicyclic) bond motifs is 3. The lowest BCUT2D eigenvalue weighted by atomic mass is 9.86. The van der Waals surface area contributed by atoms with Gasteiger partial charge in [0.25, 0.3) is 0 Å². The standard InChI is InChI=1S/C13H12O3/c1-15-9-4-2-8-3-5-12-11(10(8)6-9)7-13(14)16-12/h2,4,6-7,12H,3,5H2,1H3. The van der Waals surface area contributed by atoms with Gasteiger partial charge in [-0.25, -0.2) is 4.79 Å². The van der Waals surface area contributed by atoms with Gasteiger partial charge in [0.15, 0.2) is 0 Å². The Bertz CT molecular complexity index is 488. The molecule has 0 bridgehead atoms. The summed E-state index contributed by atoms with van der Waals surface area (Å²) in [6, 6.07) is 6.00. The maximum Gasteiger partial charge on any atom is 0.331 e. The van der Waals surface area contributed by atoms with Gasteiger partial charge in [0.1, 0.15) is 11.9 Å². The zero-order valence-corrected chi connectivity index (χ0v) is 9.03. The number of ether oxygens (including phenoxy) is 2. The summed E-state index contributed by atoms with van der Waals surface area (Å²) in [5.74, 6) is 0.593. The van der Waals surface area contributed by atoms with Crippen LogP contribution in [0.2, 0.25) is 0 Å². The molecule has 1 aliphatic heterocycles. The van der Waals surface area contributed by atoms with E-state index in [4.69, 9.17) is 9.47 Å². The Balaban J connectivity index is 2.12. The van der Waals surface area contributed by atoms with Crippen molar-refractivity contribution in [2.75, 3.05) is 7.11 Å². The van der Waals surface area contributed by atoms with E-state index in [1.165, 1.54) is 5.56 Å². The molecule has 0 saturated carbocycles. The molecule has 1 aromatic rings. The maximum atomic E-state index is 11.2. The lowest BCUT2D eigenvalue weighted by Gasteiger charge is -2.23. The lowest BCUT2D eigenvalue weighted by Crippen LogP contribution is -2.17. The summed E-state index contributed by atoms with van der Waals surface area (Å²) in [4.78, 5) is 11.2. The van der Waals surface area contributed by atoms with E-state index < -0.39 is 0 Å². The summed E-state index contributed by atoms with van der Waals surface area (Å²) in [5, 5.41) is 0. The van der Waals surface area contributed by atoms with Crippen LogP contribution in [0.1, 0.15) is 17.5 Å². The first-order valence-corrected chi connectivity index (χ1v) is 5.37. The highest BCUT2D eigenvalue weighted by molar-refractivity contribution is 5.98. The highest BCUT2D eigenvalue weighted by Gasteiger charge is 2.32. The molecule has 3 nitrogen and oxygen atoms in total. The zero-order valence-electron chi connectivity index (χ0n) is 9.03. The Kier molecular flexibility index (Phi) is 1.99. The molecule has 0 radical (unpaired) electrons. The smallest absolute Gasteiger partial charge is 0.331 e. The predicted octanol–water partition coefficient (Wildman–Crippen LogP) is 1.95. The highest BCUT2D eigenvalue weighted by atomic mass is 16.5. The summed E-state index contributed by atoms with van der Waals surface area (Å²) in [7, 11) is 1.65. The molecule has 1 heterocycles. The molecule has 0 N–H and O–H groups in total. The number of benzene rings is 1. The molecular formula is C13H12O3. The summed E-state index contributed by atoms with van der Waals surface area (Å²) in [5.41, 5.74) is 3.37. The Labute approximate surface area is 93.7 Å². The molecule has 1 unspecified atom stereocenters. The molecule has 0 amide bonds. The molecule has 82 valence electrons. The third-order valence-electron chi connectivity index (χ3n) is 3.18. The summed E-state index contributed by atoms with van der Waals surface area (Å²) in [6.07, 6.45) is 3.39. The average molecular weight is 216 g/mol. The molecule has 2 aliphatic rings. The van der Waals surface area contributed by atoms with Crippen molar-refractivity contribution in [3.8, 4) is 5.75 Å². The minimum atomic E-state index is -0.226. The lowest BCUT2D eigenvalue weighted by molar-refractivity contribution is -0.138. The van der Waals surface area contributed by atoms with E-state index in [-0.39, 0.29) is 12.1 Å². The van der Waals surface area contributed by atoms with Crippen molar-refractivity contribution in [2.24, 2.45) is 0 Å². The van der Waals surface area contributed by atoms with Crippen molar-refractivity contribution >= 4 is 11.5 Å². The van der Waals surface area contributed by atoms with Crippen LogP contribution in [-0.2, 0) is 16.0 Å². The van der Waals surface area contributed by atoms with Crippen LogP contribution in [0.5, 0.6) is 5.75 Å². The Morgan fingerprint density at radius 1 is 1.44 bits per heavy atom. The topological polar surface area (TPSA) is 35.5 Å². The second kappa shape index (κ2) is 3.37. The first-order chi connectivity index (χ1) is 7.78. The maximum absolute atomic E-state index is 11.2. The number of esters is 1. The van der Waals surface area contributed by atoms with Crippen molar-refractivity contribution in [2.45, 2.75) is 18.9 Å². The van der Waals surface area contributed by atoms with Gasteiger partial charge in [0.05, 0.1) is 7.11 Å². The first kappa shape index (κ1) is 9.46. The number of aryl methyl sites for hydroxylation is 1. The van der Waals surface area contributed by atoms with Crippen LogP contribution in [0.3, 0.4) is 0 Å². The SMILES string of the molecule is COc1ccc2c(c1)C1=CC(=O)OC1CC2. The molecule has 0 aromatic heterocycles. The summed E-state index contributed by atoms with van der Waals surface area (Å²) < 4.78 is 10.4. The Hall–Kier alpha value is -1.77. The average Bonchev–Trinajstić information content (AvgIpc) is 2.69. The number of carbonyl (C=O) groups is 1.